The molecule has 302 valence electrons. The molecular weight excluding hydrogens is 729 g/mol. The average molecular weight is 791 g/mol. The highest BCUT2D eigenvalue weighted by atomic mass is 32.2. The van der Waals surface area contributed by atoms with E-state index < -0.39 is 68.6 Å². The van der Waals surface area contributed by atoms with Crippen molar-refractivity contribution in [3.05, 3.63) is 30.2 Å². The lowest BCUT2D eigenvalue weighted by molar-refractivity contribution is -0.145. The number of nitrogens with zero attached hydrogens (tertiary/aromatic N) is 2. The first-order valence-corrected chi connectivity index (χ1v) is 21.7. The second-order valence-electron chi connectivity index (χ2n) is 17.2. The summed E-state index contributed by atoms with van der Waals surface area (Å²) in [7, 11) is -2.29. The van der Waals surface area contributed by atoms with Gasteiger partial charge in [0.15, 0.2) is 0 Å². The van der Waals surface area contributed by atoms with Crippen LogP contribution >= 0.6 is 11.3 Å². The molecule has 2 heterocycles. The monoisotopic (exact) mass is 790 g/mol. The highest BCUT2D eigenvalue weighted by Crippen LogP contribution is 2.41. The molecule has 15 heteroatoms. The lowest BCUT2D eigenvalue weighted by atomic mass is 9.70. The Morgan fingerprint density at radius 2 is 1.72 bits per heavy atom. The van der Waals surface area contributed by atoms with E-state index in [0.29, 0.717) is 32.2 Å². The molecule has 1 aliphatic heterocycles. The molecule has 5 atom stereocenters. The van der Waals surface area contributed by atoms with Crippen LogP contribution in [0.25, 0.3) is 0 Å². The zero-order chi connectivity index (χ0) is 40.0. The van der Waals surface area contributed by atoms with Crippen molar-refractivity contribution >= 4 is 50.9 Å². The highest BCUT2D eigenvalue weighted by molar-refractivity contribution is 7.91. The Morgan fingerprint density at radius 3 is 2.28 bits per heavy atom. The first-order valence-electron chi connectivity index (χ1n) is 19.4. The first kappa shape index (κ1) is 43.4. The van der Waals surface area contributed by atoms with Gasteiger partial charge < -0.3 is 26.2 Å². The molecule has 3 aliphatic rings. The fraction of sp³-hybridized carbons (Fsp3) is 0.718. The molecule has 2 saturated carbocycles. The highest BCUT2D eigenvalue weighted by Gasteiger charge is 2.50. The molecule has 1 aromatic heterocycles. The summed E-state index contributed by atoms with van der Waals surface area (Å²) in [5, 5.41) is 13.1. The van der Waals surface area contributed by atoms with Gasteiger partial charge >= 0.3 is 6.03 Å². The largest absolute Gasteiger partial charge is 0.346 e. The molecule has 4 N–H and O–H groups in total. The summed E-state index contributed by atoms with van der Waals surface area (Å²) >= 11 is 1.13. The lowest BCUT2D eigenvalue weighted by Crippen LogP contribution is -2.63. The van der Waals surface area contributed by atoms with Gasteiger partial charge in [-0.1, -0.05) is 85.8 Å². The van der Waals surface area contributed by atoms with Crippen molar-refractivity contribution in [3.8, 4) is 0 Å². The van der Waals surface area contributed by atoms with Crippen LogP contribution < -0.4 is 21.3 Å². The molecular formula is C39H62N6O7S2. The van der Waals surface area contributed by atoms with Crippen LogP contribution in [0, 0.1) is 28.6 Å². The van der Waals surface area contributed by atoms with Gasteiger partial charge in [0.2, 0.25) is 17.6 Å². The second-order valence-corrected chi connectivity index (χ2v) is 20.4. The van der Waals surface area contributed by atoms with E-state index in [0.717, 1.165) is 43.4 Å². The maximum absolute atomic E-state index is 14.9. The number of likely N-dealkylation sites (tertiary alicyclic amines) is 1. The zero-order valence-electron chi connectivity index (χ0n) is 33.1. The number of Topliss-reactive ketones (excluding diaryl/α,β-unsaturated/α-hetero) is 1. The molecule has 4 rings (SSSR count). The predicted molar refractivity (Wildman–Crippen MR) is 210 cm³/mol. The average Bonchev–Trinajstić information content (AvgIpc) is 3.54. The number of hydrogen-bond acceptors (Lipinski definition) is 8. The smallest absolute Gasteiger partial charge is 0.315 e. The molecule has 1 saturated heterocycles. The number of sulfonamides is 1. The summed E-state index contributed by atoms with van der Waals surface area (Å²) in [4.78, 5) is 70.8. The molecule has 0 aromatic carbocycles. The molecule has 13 nitrogen and oxygen atoms in total. The molecule has 3 fully saturated rings. The van der Waals surface area contributed by atoms with Crippen molar-refractivity contribution in [2.75, 3.05) is 26.7 Å². The van der Waals surface area contributed by atoms with Crippen LogP contribution in [0.3, 0.4) is 0 Å². The van der Waals surface area contributed by atoms with E-state index in [1.807, 2.05) is 41.5 Å². The first-order chi connectivity index (χ1) is 25.3. The van der Waals surface area contributed by atoms with Gasteiger partial charge in [-0.15, -0.1) is 17.9 Å². The molecule has 1 unspecified atom stereocenters. The molecule has 2 aliphatic carbocycles. The number of rotatable bonds is 17. The van der Waals surface area contributed by atoms with Gasteiger partial charge in [0.1, 0.15) is 16.3 Å². The molecule has 54 heavy (non-hydrogen) atoms. The van der Waals surface area contributed by atoms with Crippen molar-refractivity contribution in [1.29, 1.82) is 0 Å². The molecule has 0 spiro atoms. The summed E-state index contributed by atoms with van der Waals surface area (Å²) in [6.45, 7) is 15.8. The molecule has 0 radical (unpaired) electrons. The number of carbonyl (C=O) groups is 5. The third-order valence-corrected chi connectivity index (χ3v) is 14.7. The summed E-state index contributed by atoms with van der Waals surface area (Å²) in [6.07, 6.45) is 8.41. The van der Waals surface area contributed by atoms with E-state index in [9.17, 15) is 32.4 Å². The van der Waals surface area contributed by atoms with E-state index >= 15 is 0 Å². The van der Waals surface area contributed by atoms with Crippen LogP contribution in [-0.2, 0) is 29.2 Å². The van der Waals surface area contributed by atoms with Gasteiger partial charge in [-0.2, -0.15) is 4.31 Å². The van der Waals surface area contributed by atoms with E-state index in [1.165, 1.54) is 17.4 Å². The molecule has 5 amide bonds. The van der Waals surface area contributed by atoms with Gasteiger partial charge in [0, 0.05) is 32.7 Å². The number of urea groups is 1. The van der Waals surface area contributed by atoms with E-state index in [2.05, 4.69) is 27.8 Å². The number of likely N-dealkylation sites (N-methyl/N-ethyl adjacent to an activating group) is 1. The predicted octanol–water partition coefficient (Wildman–Crippen LogP) is 4.45. The van der Waals surface area contributed by atoms with Crippen LogP contribution in [0.5, 0.6) is 0 Å². The lowest BCUT2D eigenvalue weighted by Gasteiger charge is -2.43. The Bertz CT molecular complexity index is 1610. The third-order valence-electron chi connectivity index (χ3n) is 11.5. The minimum absolute atomic E-state index is 0.00380. The fourth-order valence-electron chi connectivity index (χ4n) is 7.82. The van der Waals surface area contributed by atoms with Crippen LogP contribution in [0.2, 0.25) is 0 Å². The SMILES string of the molecule is C=CCNC(=O)C(=O)C(CC1CC1)NC(=O)[C@@H]1[C@@H](C(C)C)CCN1C(=O)[C@@H](NC(=O)N[C@H](CN(C)S(=O)(=O)c1cccs1)C(C)(C)C)C1(C)CCCCC1. The van der Waals surface area contributed by atoms with Gasteiger partial charge in [0.05, 0.1) is 6.04 Å². The Morgan fingerprint density at radius 1 is 1.06 bits per heavy atom. The summed E-state index contributed by atoms with van der Waals surface area (Å²) in [5.74, 6) is -2.29. The zero-order valence-corrected chi connectivity index (χ0v) is 34.7. The minimum atomic E-state index is -3.78. The molecule has 1 aromatic rings. The van der Waals surface area contributed by atoms with Gasteiger partial charge in [-0.05, 0) is 65.7 Å². The van der Waals surface area contributed by atoms with Crippen molar-refractivity contribution in [1.82, 2.24) is 30.5 Å². The van der Waals surface area contributed by atoms with Crippen LogP contribution in [-0.4, -0.2) is 98.0 Å². The van der Waals surface area contributed by atoms with Gasteiger partial charge in [-0.25, -0.2) is 13.2 Å². The summed E-state index contributed by atoms with van der Waals surface area (Å²) in [5.41, 5.74) is -1.15. The maximum atomic E-state index is 14.9. The second kappa shape index (κ2) is 18.1. The van der Waals surface area contributed by atoms with Crippen molar-refractivity contribution < 1.29 is 32.4 Å². The van der Waals surface area contributed by atoms with E-state index in [1.54, 1.807) is 22.4 Å². The number of amides is 5. The van der Waals surface area contributed by atoms with Crippen LogP contribution in [0.4, 0.5) is 4.79 Å². The number of hydrogen-bond donors (Lipinski definition) is 4. The summed E-state index contributed by atoms with van der Waals surface area (Å²) in [6, 6.07) is -0.884. The molecule has 0 bridgehead atoms. The number of nitrogens with one attached hydrogen (secondary N) is 4. The Kier molecular flexibility index (Phi) is 14.6. The van der Waals surface area contributed by atoms with E-state index in [4.69, 9.17) is 0 Å². The Labute approximate surface area is 325 Å². The van der Waals surface area contributed by atoms with Gasteiger partial charge in [0.25, 0.3) is 15.9 Å². The van der Waals surface area contributed by atoms with Crippen molar-refractivity contribution in [3.63, 3.8) is 0 Å². The summed E-state index contributed by atoms with van der Waals surface area (Å²) < 4.78 is 28.0. The maximum Gasteiger partial charge on any atom is 0.315 e. The third kappa shape index (κ3) is 10.7. The van der Waals surface area contributed by atoms with E-state index in [-0.39, 0.29) is 41.0 Å². The standard InChI is InChI=1S/C39H62N6O7S2/c1-9-20-40-35(48)32(46)28(23-26-15-16-26)41-34(47)31-27(25(2)3)17-21-45(31)36(49)33(39(7)18-11-10-12-19-39)43-37(50)42-29(38(4,5)6)24-44(8)54(51,52)30-14-13-22-53-30/h9,13-14,22,25-29,31,33H,1,10-12,15-21,23-24H2,2-8H3,(H,40,48)(H,41,47)(H2,42,43,50)/t27-,28?,29-,31+,33-/m1/s1. The normalized spacial score (nSPS) is 21.9. The van der Waals surface area contributed by atoms with Crippen molar-refractivity contribution in [2.45, 2.75) is 128 Å². The minimum Gasteiger partial charge on any atom is -0.346 e. The van der Waals surface area contributed by atoms with Crippen LogP contribution in [0.1, 0.15) is 99.3 Å². The fourth-order valence-corrected chi connectivity index (χ4v) is 10.2. The topological polar surface area (TPSA) is 174 Å². The number of thiophene rings is 1. The number of ketones is 1. The van der Waals surface area contributed by atoms with Gasteiger partial charge in [-0.3, -0.25) is 19.2 Å². The van der Waals surface area contributed by atoms with Crippen LogP contribution in [0.15, 0.2) is 34.4 Å². The Balaban J connectivity index is 1.59. The quantitative estimate of drug-likeness (QED) is 0.133. The number of carbonyl (C=O) groups excluding carboxylic acids is 5. The Hall–Kier alpha value is -3.30. The van der Waals surface area contributed by atoms with Crippen molar-refractivity contribution in [2.24, 2.45) is 28.6 Å².